The number of nitrogens with one attached hydrogen (secondary N) is 1. The SMILES string of the molecule is CNCCc1cnc2cnc(OC)nn12. The van der Waals surface area contributed by atoms with E-state index in [1.807, 2.05) is 7.05 Å². The first kappa shape index (κ1) is 9.85. The Morgan fingerprint density at radius 3 is 3.00 bits per heavy atom. The van der Waals surface area contributed by atoms with E-state index in [1.54, 1.807) is 24.0 Å². The molecule has 2 aromatic rings. The lowest BCUT2D eigenvalue weighted by Gasteiger charge is -2.01. The Morgan fingerprint density at radius 2 is 2.27 bits per heavy atom. The lowest BCUT2D eigenvalue weighted by Crippen LogP contribution is -2.12. The van der Waals surface area contributed by atoms with Gasteiger partial charge >= 0.3 is 6.01 Å². The molecule has 0 atom stereocenters. The number of ether oxygens (including phenoxy) is 1. The van der Waals surface area contributed by atoms with E-state index >= 15 is 0 Å². The van der Waals surface area contributed by atoms with Crippen molar-refractivity contribution >= 4 is 5.65 Å². The minimum Gasteiger partial charge on any atom is -0.466 e. The van der Waals surface area contributed by atoms with Crippen LogP contribution in [0, 0.1) is 0 Å². The van der Waals surface area contributed by atoms with E-state index in [2.05, 4.69) is 20.4 Å². The van der Waals surface area contributed by atoms with Crippen molar-refractivity contribution in [3.63, 3.8) is 0 Å². The molecule has 0 spiro atoms. The van der Waals surface area contributed by atoms with Crippen molar-refractivity contribution in [3.05, 3.63) is 18.1 Å². The number of nitrogens with zero attached hydrogens (tertiary/aromatic N) is 4. The van der Waals surface area contributed by atoms with Crippen molar-refractivity contribution in [1.82, 2.24) is 24.9 Å². The molecular weight excluding hydrogens is 194 g/mol. The summed E-state index contributed by atoms with van der Waals surface area (Å²) < 4.78 is 6.72. The molecule has 6 nitrogen and oxygen atoms in total. The molecule has 0 aliphatic rings. The molecule has 0 radical (unpaired) electrons. The number of fused-ring (bicyclic) bond motifs is 1. The first-order valence-corrected chi connectivity index (χ1v) is 4.73. The van der Waals surface area contributed by atoms with Crippen molar-refractivity contribution in [2.24, 2.45) is 0 Å². The van der Waals surface area contributed by atoms with E-state index < -0.39 is 0 Å². The highest BCUT2D eigenvalue weighted by Crippen LogP contribution is 2.07. The second-order valence-corrected chi connectivity index (χ2v) is 3.12. The monoisotopic (exact) mass is 207 g/mol. The fourth-order valence-corrected chi connectivity index (χ4v) is 1.34. The van der Waals surface area contributed by atoms with Gasteiger partial charge in [-0.2, -0.15) is 4.98 Å². The molecule has 0 bridgehead atoms. The minimum atomic E-state index is 0.353. The van der Waals surface area contributed by atoms with Crippen LogP contribution in [0.3, 0.4) is 0 Å². The van der Waals surface area contributed by atoms with Gasteiger partial charge in [-0.05, 0) is 7.05 Å². The Labute approximate surface area is 87.3 Å². The van der Waals surface area contributed by atoms with Crippen molar-refractivity contribution in [2.75, 3.05) is 20.7 Å². The Balaban J connectivity index is 2.38. The van der Waals surface area contributed by atoms with Crippen LogP contribution in [0.5, 0.6) is 6.01 Å². The van der Waals surface area contributed by atoms with Gasteiger partial charge < -0.3 is 10.1 Å². The van der Waals surface area contributed by atoms with Crippen LogP contribution in [0.1, 0.15) is 5.69 Å². The number of imidazole rings is 1. The fourth-order valence-electron chi connectivity index (χ4n) is 1.34. The largest absolute Gasteiger partial charge is 0.466 e. The molecule has 6 heteroatoms. The highest BCUT2D eigenvalue weighted by molar-refractivity contribution is 5.36. The van der Waals surface area contributed by atoms with Gasteiger partial charge in [0, 0.05) is 13.0 Å². The van der Waals surface area contributed by atoms with E-state index in [0.717, 1.165) is 24.3 Å². The number of rotatable bonds is 4. The highest BCUT2D eigenvalue weighted by atomic mass is 16.5. The van der Waals surface area contributed by atoms with E-state index in [0.29, 0.717) is 6.01 Å². The van der Waals surface area contributed by atoms with Crippen LogP contribution in [-0.2, 0) is 6.42 Å². The summed E-state index contributed by atoms with van der Waals surface area (Å²) >= 11 is 0. The van der Waals surface area contributed by atoms with Gasteiger partial charge in [-0.25, -0.2) is 9.50 Å². The summed E-state index contributed by atoms with van der Waals surface area (Å²) in [5.74, 6) is 0. The maximum atomic E-state index is 4.96. The number of hydrogen-bond donors (Lipinski definition) is 1. The van der Waals surface area contributed by atoms with Gasteiger partial charge in [0.15, 0.2) is 5.65 Å². The molecule has 1 N–H and O–H groups in total. The van der Waals surface area contributed by atoms with Crippen molar-refractivity contribution in [3.8, 4) is 6.01 Å². The molecule has 0 aliphatic carbocycles. The predicted octanol–water partition coefficient (Wildman–Crippen LogP) is -0.105. The van der Waals surface area contributed by atoms with Gasteiger partial charge in [0.1, 0.15) is 0 Å². The molecule has 0 saturated carbocycles. The average molecular weight is 207 g/mol. The van der Waals surface area contributed by atoms with Crippen LogP contribution < -0.4 is 10.1 Å². The summed E-state index contributed by atoms with van der Waals surface area (Å²) in [7, 11) is 3.46. The van der Waals surface area contributed by atoms with Gasteiger partial charge in [-0.15, -0.1) is 5.10 Å². The number of methoxy groups -OCH3 is 1. The molecule has 0 fully saturated rings. The topological polar surface area (TPSA) is 64.3 Å². The molecular formula is C9H13N5O. The highest BCUT2D eigenvalue weighted by Gasteiger charge is 2.05. The lowest BCUT2D eigenvalue weighted by atomic mass is 10.3. The van der Waals surface area contributed by atoms with Gasteiger partial charge in [0.25, 0.3) is 0 Å². The second-order valence-electron chi connectivity index (χ2n) is 3.12. The lowest BCUT2D eigenvalue weighted by molar-refractivity contribution is 0.370. The molecule has 80 valence electrons. The van der Waals surface area contributed by atoms with Gasteiger partial charge in [-0.3, -0.25) is 0 Å². The molecule has 2 aromatic heterocycles. The number of likely N-dealkylation sites (N-methyl/N-ethyl adjacent to an activating group) is 1. The molecule has 0 saturated heterocycles. The maximum Gasteiger partial charge on any atom is 0.334 e. The third-order valence-electron chi connectivity index (χ3n) is 2.12. The standard InChI is InChI=1S/C9H13N5O/c1-10-4-3-7-5-11-8-6-12-9(15-2)13-14(7)8/h5-6,10H,3-4H2,1-2H3. The Morgan fingerprint density at radius 1 is 1.40 bits per heavy atom. The van der Waals surface area contributed by atoms with Crippen LogP contribution in [0.2, 0.25) is 0 Å². The van der Waals surface area contributed by atoms with Crippen LogP contribution in [0.4, 0.5) is 0 Å². The van der Waals surface area contributed by atoms with E-state index in [1.165, 1.54) is 0 Å². The molecule has 15 heavy (non-hydrogen) atoms. The Kier molecular flexibility index (Phi) is 2.77. The Bertz CT molecular complexity index is 453. The molecule has 0 amide bonds. The van der Waals surface area contributed by atoms with Gasteiger partial charge in [0.05, 0.1) is 25.2 Å². The molecule has 2 heterocycles. The maximum absolute atomic E-state index is 4.96. The first-order valence-electron chi connectivity index (χ1n) is 4.73. The van der Waals surface area contributed by atoms with Crippen LogP contribution in [0.15, 0.2) is 12.4 Å². The molecule has 2 rings (SSSR count). The molecule has 0 unspecified atom stereocenters. The summed E-state index contributed by atoms with van der Waals surface area (Å²) in [6, 6.07) is 0.353. The second kappa shape index (κ2) is 4.22. The summed E-state index contributed by atoms with van der Waals surface area (Å²) in [6.07, 6.45) is 4.33. The van der Waals surface area contributed by atoms with Crippen molar-refractivity contribution in [1.29, 1.82) is 0 Å². The minimum absolute atomic E-state index is 0.353. The summed E-state index contributed by atoms with van der Waals surface area (Å²) in [5.41, 5.74) is 1.78. The van der Waals surface area contributed by atoms with Crippen LogP contribution >= 0.6 is 0 Å². The van der Waals surface area contributed by atoms with Crippen molar-refractivity contribution < 1.29 is 4.74 Å². The van der Waals surface area contributed by atoms with Crippen LogP contribution in [-0.4, -0.2) is 40.3 Å². The average Bonchev–Trinajstić information content (AvgIpc) is 2.68. The van der Waals surface area contributed by atoms with E-state index in [4.69, 9.17) is 4.74 Å². The zero-order valence-electron chi connectivity index (χ0n) is 8.77. The van der Waals surface area contributed by atoms with Crippen molar-refractivity contribution in [2.45, 2.75) is 6.42 Å². The molecule has 0 aliphatic heterocycles. The van der Waals surface area contributed by atoms with Gasteiger partial charge in [-0.1, -0.05) is 0 Å². The summed E-state index contributed by atoms with van der Waals surface area (Å²) in [5, 5.41) is 7.28. The summed E-state index contributed by atoms with van der Waals surface area (Å²) in [6.45, 7) is 0.889. The zero-order valence-corrected chi connectivity index (χ0v) is 8.77. The Hall–Kier alpha value is -1.69. The van der Waals surface area contributed by atoms with E-state index in [9.17, 15) is 0 Å². The first-order chi connectivity index (χ1) is 7.35. The zero-order chi connectivity index (χ0) is 10.7. The van der Waals surface area contributed by atoms with E-state index in [-0.39, 0.29) is 0 Å². The normalized spacial score (nSPS) is 10.8. The predicted molar refractivity (Wildman–Crippen MR) is 55.0 cm³/mol. The third-order valence-corrected chi connectivity index (χ3v) is 2.12. The fraction of sp³-hybridized carbons (Fsp3) is 0.444. The summed E-state index contributed by atoms with van der Waals surface area (Å²) in [4.78, 5) is 8.19. The van der Waals surface area contributed by atoms with Gasteiger partial charge in [0.2, 0.25) is 0 Å². The third kappa shape index (κ3) is 1.89. The molecule has 0 aromatic carbocycles. The smallest absolute Gasteiger partial charge is 0.334 e. The number of hydrogen-bond acceptors (Lipinski definition) is 5. The number of aromatic nitrogens is 4. The van der Waals surface area contributed by atoms with Crippen LogP contribution in [0.25, 0.3) is 5.65 Å². The quantitative estimate of drug-likeness (QED) is 0.758.